The van der Waals surface area contributed by atoms with Crippen molar-refractivity contribution in [2.45, 2.75) is 12.8 Å². The van der Waals surface area contributed by atoms with E-state index in [0.717, 1.165) is 29.8 Å². The Kier molecular flexibility index (Phi) is 4.66. The molecule has 4 rings (SSSR count). The minimum Gasteiger partial charge on any atom is -0.353 e. The van der Waals surface area contributed by atoms with E-state index in [1.165, 1.54) is 38.1 Å². The second-order valence-corrected chi connectivity index (χ2v) is 6.51. The van der Waals surface area contributed by atoms with Crippen molar-refractivity contribution in [2.75, 3.05) is 36.8 Å². The van der Waals surface area contributed by atoms with Crippen molar-refractivity contribution >= 4 is 28.5 Å². The summed E-state index contributed by atoms with van der Waals surface area (Å²) in [6.45, 7) is 4.11. The molecular weight excluding hydrogens is 333 g/mol. The third-order valence-electron chi connectivity index (χ3n) is 4.61. The van der Waals surface area contributed by atoms with Crippen LogP contribution in [0.5, 0.6) is 0 Å². The van der Waals surface area contributed by atoms with Gasteiger partial charge < -0.3 is 15.5 Å². The molecule has 8 heteroatoms. The van der Waals surface area contributed by atoms with E-state index in [1.54, 1.807) is 23.0 Å². The largest absolute Gasteiger partial charge is 0.353 e. The van der Waals surface area contributed by atoms with E-state index in [1.807, 2.05) is 7.05 Å². The van der Waals surface area contributed by atoms with Gasteiger partial charge in [-0.15, -0.1) is 0 Å². The Bertz CT molecular complexity index is 884. The van der Waals surface area contributed by atoms with Crippen LogP contribution in [-0.2, 0) is 7.05 Å². The van der Waals surface area contributed by atoms with Gasteiger partial charge in [-0.05, 0) is 50.2 Å². The molecule has 1 saturated heterocycles. The Morgan fingerprint density at radius 2 is 1.88 bits per heavy atom. The minimum absolute atomic E-state index is 0.269. The van der Waals surface area contributed by atoms with Gasteiger partial charge in [0.25, 0.3) is 0 Å². The maximum Gasteiger partial charge on any atom is 0.226 e. The summed E-state index contributed by atoms with van der Waals surface area (Å²) in [6.07, 6.45) is 4.29. The van der Waals surface area contributed by atoms with E-state index in [0.29, 0.717) is 11.8 Å². The molecule has 0 radical (unpaired) electrons. The van der Waals surface area contributed by atoms with Gasteiger partial charge in [-0.1, -0.05) is 0 Å². The maximum absolute atomic E-state index is 13.1. The Labute approximate surface area is 151 Å². The van der Waals surface area contributed by atoms with Gasteiger partial charge in [0.2, 0.25) is 5.95 Å². The van der Waals surface area contributed by atoms with E-state index < -0.39 is 0 Å². The summed E-state index contributed by atoms with van der Waals surface area (Å²) in [5.41, 5.74) is 1.51. The van der Waals surface area contributed by atoms with Crippen molar-refractivity contribution in [1.82, 2.24) is 24.6 Å². The van der Waals surface area contributed by atoms with Crippen molar-refractivity contribution in [1.29, 1.82) is 0 Å². The topological polar surface area (TPSA) is 70.9 Å². The smallest absolute Gasteiger partial charge is 0.226 e. The van der Waals surface area contributed by atoms with Gasteiger partial charge in [0.1, 0.15) is 11.6 Å². The molecule has 0 amide bonds. The van der Waals surface area contributed by atoms with Crippen molar-refractivity contribution in [3.63, 3.8) is 0 Å². The lowest BCUT2D eigenvalue weighted by Crippen LogP contribution is -2.26. The van der Waals surface area contributed by atoms with Crippen LogP contribution in [0, 0.1) is 5.82 Å². The standard InChI is InChI=1S/C18H22FN7/c1-25-17-15(12-21-25)16(22-14-6-4-13(19)5-7-14)23-18(24-17)20-8-11-26-9-2-3-10-26/h4-7,12H,2-3,8-11H2,1H3,(H2,20,22,23,24). The number of nitrogens with one attached hydrogen (secondary N) is 2. The zero-order valence-electron chi connectivity index (χ0n) is 14.7. The highest BCUT2D eigenvalue weighted by Crippen LogP contribution is 2.25. The summed E-state index contributed by atoms with van der Waals surface area (Å²) in [5.74, 6) is 0.942. The van der Waals surface area contributed by atoms with E-state index in [9.17, 15) is 4.39 Å². The molecule has 1 aliphatic rings. The molecule has 26 heavy (non-hydrogen) atoms. The molecular formula is C18H22FN7. The minimum atomic E-state index is -0.269. The number of rotatable bonds is 6. The molecule has 3 aromatic rings. The van der Waals surface area contributed by atoms with Crippen molar-refractivity contribution in [3.05, 3.63) is 36.3 Å². The maximum atomic E-state index is 13.1. The molecule has 1 aromatic carbocycles. The predicted octanol–water partition coefficient (Wildman–Crippen LogP) is 2.75. The molecule has 2 aromatic heterocycles. The average Bonchev–Trinajstić information content (AvgIpc) is 3.28. The van der Waals surface area contributed by atoms with Gasteiger partial charge in [-0.25, -0.2) is 4.39 Å². The Morgan fingerprint density at radius 1 is 1.12 bits per heavy atom. The van der Waals surface area contributed by atoms with Crippen molar-refractivity contribution in [3.8, 4) is 0 Å². The second-order valence-electron chi connectivity index (χ2n) is 6.51. The lowest BCUT2D eigenvalue weighted by Gasteiger charge is -2.15. The van der Waals surface area contributed by atoms with Crippen molar-refractivity contribution < 1.29 is 4.39 Å². The number of aryl methyl sites for hydroxylation is 1. The number of anilines is 3. The molecule has 136 valence electrons. The number of nitrogens with zero attached hydrogens (tertiary/aromatic N) is 5. The van der Waals surface area contributed by atoms with Crippen LogP contribution in [-0.4, -0.2) is 50.8 Å². The third kappa shape index (κ3) is 3.60. The molecule has 1 aliphatic heterocycles. The lowest BCUT2D eigenvalue weighted by molar-refractivity contribution is 0.352. The van der Waals surface area contributed by atoms with Crippen molar-refractivity contribution in [2.24, 2.45) is 7.05 Å². The Balaban J connectivity index is 1.55. The van der Waals surface area contributed by atoms with E-state index >= 15 is 0 Å². The summed E-state index contributed by atoms with van der Waals surface area (Å²) in [6, 6.07) is 6.19. The monoisotopic (exact) mass is 355 g/mol. The first-order chi connectivity index (χ1) is 12.7. The fraction of sp³-hybridized carbons (Fsp3) is 0.389. The molecule has 2 N–H and O–H groups in total. The zero-order chi connectivity index (χ0) is 17.9. The summed E-state index contributed by atoms with van der Waals surface area (Å²) in [5, 5.41) is 11.6. The number of fused-ring (bicyclic) bond motifs is 1. The van der Waals surface area contributed by atoms with E-state index in [4.69, 9.17) is 0 Å². The first-order valence-corrected chi connectivity index (χ1v) is 8.87. The zero-order valence-corrected chi connectivity index (χ0v) is 14.7. The molecule has 0 unspecified atom stereocenters. The van der Waals surface area contributed by atoms with Crippen LogP contribution in [0.25, 0.3) is 11.0 Å². The molecule has 1 fully saturated rings. The van der Waals surface area contributed by atoms with Gasteiger partial charge in [0.15, 0.2) is 5.65 Å². The summed E-state index contributed by atoms with van der Waals surface area (Å²) in [4.78, 5) is 11.6. The predicted molar refractivity (Wildman–Crippen MR) is 100 cm³/mol. The third-order valence-corrected chi connectivity index (χ3v) is 4.61. The van der Waals surface area contributed by atoms with Gasteiger partial charge in [-0.2, -0.15) is 15.1 Å². The molecule has 0 atom stereocenters. The normalized spacial score (nSPS) is 14.8. The summed E-state index contributed by atoms with van der Waals surface area (Å²) in [7, 11) is 1.85. The van der Waals surface area contributed by atoms with Crippen LogP contribution < -0.4 is 10.6 Å². The molecule has 0 spiro atoms. The number of likely N-dealkylation sites (tertiary alicyclic amines) is 1. The number of hydrogen-bond donors (Lipinski definition) is 2. The average molecular weight is 355 g/mol. The first kappa shape index (κ1) is 16.7. The van der Waals surface area contributed by atoms with Crippen LogP contribution in [0.15, 0.2) is 30.5 Å². The summed E-state index contributed by atoms with van der Waals surface area (Å²) < 4.78 is 14.9. The SMILES string of the molecule is Cn1ncc2c(Nc3ccc(F)cc3)nc(NCCN3CCCC3)nc21. The highest BCUT2D eigenvalue weighted by molar-refractivity contribution is 5.89. The van der Waals surface area contributed by atoms with Crippen LogP contribution in [0.2, 0.25) is 0 Å². The Morgan fingerprint density at radius 3 is 2.65 bits per heavy atom. The van der Waals surface area contributed by atoms with Crippen LogP contribution in [0.4, 0.5) is 21.8 Å². The quantitative estimate of drug-likeness (QED) is 0.708. The van der Waals surface area contributed by atoms with Gasteiger partial charge in [0.05, 0.1) is 11.6 Å². The van der Waals surface area contributed by atoms with Crippen LogP contribution in [0.1, 0.15) is 12.8 Å². The molecule has 7 nitrogen and oxygen atoms in total. The number of aromatic nitrogens is 4. The fourth-order valence-electron chi connectivity index (χ4n) is 3.20. The first-order valence-electron chi connectivity index (χ1n) is 8.87. The lowest BCUT2D eigenvalue weighted by atomic mass is 10.3. The van der Waals surface area contributed by atoms with E-state index in [-0.39, 0.29) is 5.82 Å². The van der Waals surface area contributed by atoms with Crippen LogP contribution in [0.3, 0.4) is 0 Å². The highest BCUT2D eigenvalue weighted by Gasteiger charge is 2.13. The highest BCUT2D eigenvalue weighted by atomic mass is 19.1. The molecule has 0 aliphatic carbocycles. The van der Waals surface area contributed by atoms with Gasteiger partial charge >= 0.3 is 0 Å². The number of halogens is 1. The molecule has 0 bridgehead atoms. The van der Waals surface area contributed by atoms with Gasteiger partial charge in [-0.3, -0.25) is 4.68 Å². The number of hydrogen-bond acceptors (Lipinski definition) is 6. The summed E-state index contributed by atoms with van der Waals surface area (Å²) >= 11 is 0. The Hall–Kier alpha value is -2.74. The molecule has 3 heterocycles. The van der Waals surface area contributed by atoms with E-state index in [2.05, 4.69) is 30.6 Å². The molecule has 0 saturated carbocycles. The van der Waals surface area contributed by atoms with Crippen LogP contribution >= 0.6 is 0 Å². The fourth-order valence-corrected chi connectivity index (χ4v) is 3.20. The second kappa shape index (κ2) is 7.25. The van der Waals surface area contributed by atoms with Gasteiger partial charge in [0, 0.05) is 25.8 Å². The number of benzene rings is 1.